The van der Waals surface area contributed by atoms with E-state index in [4.69, 9.17) is 4.74 Å². The largest absolute Gasteiger partial charge is 0.377 e. The Morgan fingerprint density at radius 1 is 1.39 bits per heavy atom. The van der Waals surface area contributed by atoms with Crippen LogP contribution in [0.1, 0.15) is 42.8 Å². The summed E-state index contributed by atoms with van der Waals surface area (Å²) in [6.07, 6.45) is 2.06. The minimum atomic E-state index is -0.178. The highest BCUT2D eigenvalue weighted by Gasteiger charge is 2.29. The quantitative estimate of drug-likeness (QED) is 0.826. The van der Waals surface area contributed by atoms with Gasteiger partial charge in [0.1, 0.15) is 0 Å². The summed E-state index contributed by atoms with van der Waals surface area (Å²) in [5.41, 5.74) is 0.974. The summed E-state index contributed by atoms with van der Waals surface area (Å²) in [5, 5.41) is 4.78. The van der Waals surface area contributed by atoms with E-state index in [2.05, 4.69) is 44.9 Å². The average Bonchev–Trinajstić information content (AvgIpc) is 2.63. The highest BCUT2D eigenvalue weighted by Crippen LogP contribution is 2.22. The fourth-order valence-electron chi connectivity index (χ4n) is 1.83. The van der Waals surface area contributed by atoms with Crippen molar-refractivity contribution in [3.63, 3.8) is 0 Å². The Morgan fingerprint density at radius 2 is 2.06 bits per heavy atom. The molecule has 1 unspecified atom stereocenters. The number of rotatable bonds is 7. The number of aromatic nitrogens is 1. The van der Waals surface area contributed by atoms with Gasteiger partial charge < -0.3 is 10.1 Å². The van der Waals surface area contributed by atoms with Crippen LogP contribution in [0.2, 0.25) is 0 Å². The van der Waals surface area contributed by atoms with Gasteiger partial charge in [-0.25, -0.2) is 4.98 Å². The number of nitrogens with one attached hydrogen (secondary N) is 1. The van der Waals surface area contributed by atoms with E-state index >= 15 is 0 Å². The van der Waals surface area contributed by atoms with Crippen molar-refractivity contribution in [3.05, 3.63) is 15.6 Å². The molecule has 0 radical (unpaired) electrons. The van der Waals surface area contributed by atoms with E-state index < -0.39 is 0 Å². The molecule has 18 heavy (non-hydrogen) atoms. The van der Waals surface area contributed by atoms with Crippen LogP contribution in [0.5, 0.6) is 0 Å². The Labute approximate surface area is 115 Å². The molecule has 1 heterocycles. The van der Waals surface area contributed by atoms with E-state index in [1.54, 1.807) is 18.4 Å². The molecule has 104 valence electrons. The normalized spacial score (nSPS) is 13.9. The van der Waals surface area contributed by atoms with E-state index in [9.17, 15) is 0 Å². The molecule has 0 saturated heterocycles. The maximum atomic E-state index is 5.62. The summed E-state index contributed by atoms with van der Waals surface area (Å²) in [6, 6.07) is 0.299. The van der Waals surface area contributed by atoms with Crippen molar-refractivity contribution >= 4 is 11.3 Å². The van der Waals surface area contributed by atoms with E-state index in [0.29, 0.717) is 6.04 Å². The molecule has 0 aromatic carbocycles. The van der Waals surface area contributed by atoms with Crippen LogP contribution in [0.3, 0.4) is 0 Å². The van der Waals surface area contributed by atoms with Crippen LogP contribution in [0.15, 0.2) is 0 Å². The maximum Gasteiger partial charge on any atom is 0.0947 e. The van der Waals surface area contributed by atoms with Gasteiger partial charge in [-0.2, -0.15) is 0 Å². The number of ether oxygens (including phenoxy) is 1. The monoisotopic (exact) mass is 270 g/mol. The third kappa shape index (κ3) is 4.04. The number of hydrogen-bond donors (Lipinski definition) is 1. The lowest BCUT2D eigenvalue weighted by atomic mass is 9.95. The molecule has 1 aromatic rings. The zero-order chi connectivity index (χ0) is 13.8. The molecule has 0 aliphatic carbocycles. The van der Waals surface area contributed by atoms with Crippen molar-refractivity contribution in [1.29, 1.82) is 0 Å². The van der Waals surface area contributed by atoms with E-state index in [1.807, 2.05) is 0 Å². The Kier molecular flexibility index (Phi) is 5.76. The molecule has 0 saturated carbocycles. The van der Waals surface area contributed by atoms with Crippen LogP contribution in [0.25, 0.3) is 0 Å². The topological polar surface area (TPSA) is 34.2 Å². The SMILES string of the molecule is CCCNC(Cc1nc(C)c(C)s1)C(C)(C)OC. The van der Waals surface area contributed by atoms with Gasteiger partial charge in [-0.05, 0) is 40.7 Å². The smallest absolute Gasteiger partial charge is 0.0947 e. The molecular formula is C14H26N2OS. The number of hydrogen-bond acceptors (Lipinski definition) is 4. The first-order valence-corrected chi connectivity index (χ1v) is 7.43. The summed E-state index contributed by atoms with van der Waals surface area (Å²) in [4.78, 5) is 5.94. The van der Waals surface area contributed by atoms with Crippen molar-refractivity contribution in [1.82, 2.24) is 10.3 Å². The standard InChI is InChI=1S/C14H26N2OS/c1-7-8-15-12(14(4,5)17-6)9-13-16-10(2)11(3)18-13/h12,15H,7-9H2,1-6H3. The number of nitrogens with zero attached hydrogens (tertiary/aromatic N) is 1. The second-order valence-electron chi connectivity index (χ2n) is 5.27. The molecule has 0 fully saturated rings. The van der Waals surface area contributed by atoms with Gasteiger partial charge in [-0.15, -0.1) is 11.3 Å². The Bertz CT molecular complexity index is 354. The predicted molar refractivity (Wildman–Crippen MR) is 78.5 cm³/mol. The van der Waals surface area contributed by atoms with Crippen LogP contribution in [0.4, 0.5) is 0 Å². The molecule has 0 bridgehead atoms. The van der Waals surface area contributed by atoms with Gasteiger partial charge in [0.25, 0.3) is 0 Å². The second kappa shape index (κ2) is 6.64. The van der Waals surface area contributed by atoms with Gasteiger partial charge in [0, 0.05) is 24.4 Å². The van der Waals surface area contributed by atoms with Crippen LogP contribution < -0.4 is 5.32 Å². The van der Waals surface area contributed by atoms with Crippen LogP contribution in [-0.2, 0) is 11.2 Å². The number of aryl methyl sites for hydroxylation is 2. The molecule has 4 heteroatoms. The van der Waals surface area contributed by atoms with Gasteiger partial charge in [-0.3, -0.25) is 0 Å². The molecule has 3 nitrogen and oxygen atoms in total. The van der Waals surface area contributed by atoms with E-state index in [0.717, 1.165) is 25.1 Å². The molecular weight excluding hydrogens is 244 g/mol. The molecule has 0 aliphatic heterocycles. The van der Waals surface area contributed by atoms with Crippen molar-refractivity contribution in [2.24, 2.45) is 0 Å². The van der Waals surface area contributed by atoms with Gasteiger partial charge in [-0.1, -0.05) is 6.92 Å². The summed E-state index contributed by atoms with van der Waals surface area (Å²) >= 11 is 1.80. The Hall–Kier alpha value is -0.450. The summed E-state index contributed by atoms with van der Waals surface area (Å²) < 4.78 is 5.62. The molecule has 0 aliphatic rings. The van der Waals surface area contributed by atoms with E-state index in [1.165, 1.54) is 9.88 Å². The Morgan fingerprint density at radius 3 is 2.50 bits per heavy atom. The predicted octanol–water partition coefficient (Wildman–Crippen LogP) is 3.10. The first-order chi connectivity index (χ1) is 8.40. The lowest BCUT2D eigenvalue weighted by Gasteiger charge is -2.33. The van der Waals surface area contributed by atoms with Gasteiger partial charge >= 0.3 is 0 Å². The molecule has 1 atom stereocenters. The zero-order valence-corrected chi connectivity index (χ0v) is 13.3. The van der Waals surface area contributed by atoms with E-state index in [-0.39, 0.29) is 5.60 Å². The van der Waals surface area contributed by atoms with Gasteiger partial charge in [0.15, 0.2) is 0 Å². The molecule has 1 N–H and O–H groups in total. The molecule has 0 amide bonds. The number of thiazole rings is 1. The van der Waals surface area contributed by atoms with Crippen molar-refractivity contribution < 1.29 is 4.74 Å². The third-order valence-electron chi connectivity index (χ3n) is 3.46. The van der Waals surface area contributed by atoms with Crippen molar-refractivity contribution in [3.8, 4) is 0 Å². The molecule has 1 aromatic heterocycles. The van der Waals surface area contributed by atoms with Crippen LogP contribution in [-0.4, -0.2) is 30.3 Å². The minimum Gasteiger partial charge on any atom is -0.377 e. The first kappa shape index (κ1) is 15.6. The fourth-order valence-corrected chi connectivity index (χ4v) is 2.81. The van der Waals surface area contributed by atoms with Crippen LogP contribution in [0, 0.1) is 13.8 Å². The molecule has 1 rings (SSSR count). The summed E-state index contributed by atoms with van der Waals surface area (Å²) in [6.45, 7) is 11.7. The van der Waals surface area contributed by atoms with Crippen molar-refractivity contribution in [2.75, 3.05) is 13.7 Å². The lowest BCUT2D eigenvalue weighted by Crippen LogP contribution is -2.49. The minimum absolute atomic E-state index is 0.178. The Balaban J connectivity index is 2.77. The zero-order valence-electron chi connectivity index (χ0n) is 12.5. The molecule has 0 spiro atoms. The fraction of sp³-hybridized carbons (Fsp3) is 0.786. The summed E-state index contributed by atoms with van der Waals surface area (Å²) in [5.74, 6) is 0. The van der Waals surface area contributed by atoms with Gasteiger partial charge in [0.2, 0.25) is 0 Å². The maximum absolute atomic E-state index is 5.62. The second-order valence-corrected chi connectivity index (χ2v) is 6.56. The summed E-state index contributed by atoms with van der Waals surface area (Å²) in [7, 11) is 1.78. The highest BCUT2D eigenvalue weighted by atomic mass is 32.1. The first-order valence-electron chi connectivity index (χ1n) is 6.62. The average molecular weight is 270 g/mol. The lowest BCUT2D eigenvalue weighted by molar-refractivity contribution is -0.00999. The van der Waals surface area contributed by atoms with Gasteiger partial charge in [0.05, 0.1) is 16.3 Å². The third-order valence-corrected chi connectivity index (χ3v) is 4.55. The highest BCUT2D eigenvalue weighted by molar-refractivity contribution is 7.11. The number of methoxy groups -OCH3 is 1. The van der Waals surface area contributed by atoms with Crippen molar-refractivity contribution in [2.45, 2.75) is 59.1 Å². The van der Waals surface area contributed by atoms with Crippen LogP contribution >= 0.6 is 11.3 Å².